The molecule has 0 saturated carbocycles. The lowest BCUT2D eigenvalue weighted by atomic mass is 9.97. The average molecular weight is 486 g/mol. The van der Waals surface area contributed by atoms with Gasteiger partial charge in [0.2, 0.25) is 0 Å². The first-order valence-electron chi connectivity index (χ1n) is 8.65. The first-order valence-corrected chi connectivity index (χ1v) is 11.2. The highest BCUT2D eigenvalue weighted by Crippen LogP contribution is 2.40. The van der Waals surface area contributed by atoms with Gasteiger partial charge in [-0.05, 0) is 71.8 Å². The molecule has 3 rings (SSSR count). The Hall–Kier alpha value is -1.16. The normalized spacial score (nSPS) is 18.1. The van der Waals surface area contributed by atoms with E-state index < -0.39 is 10.0 Å². The second kappa shape index (κ2) is 8.24. The number of hydrogen-bond donors (Lipinski definition) is 1. The van der Waals surface area contributed by atoms with Crippen molar-refractivity contribution in [2.45, 2.75) is 24.3 Å². The van der Waals surface area contributed by atoms with Gasteiger partial charge in [0.15, 0.2) is 0 Å². The van der Waals surface area contributed by atoms with Crippen LogP contribution in [0, 0.1) is 3.57 Å². The second-order valence-electron chi connectivity index (χ2n) is 6.15. The number of nitrogens with one attached hydrogen (secondary N) is 1. The van der Waals surface area contributed by atoms with Crippen LogP contribution in [0.2, 0.25) is 0 Å². The van der Waals surface area contributed by atoms with E-state index in [1.165, 1.54) is 4.31 Å². The quantitative estimate of drug-likeness (QED) is 0.502. The highest BCUT2D eigenvalue weighted by atomic mass is 127. The van der Waals surface area contributed by atoms with Gasteiger partial charge in [0, 0.05) is 23.8 Å². The van der Waals surface area contributed by atoms with E-state index in [2.05, 4.69) is 27.9 Å². The molecule has 1 N–H and O–H groups in total. The van der Waals surface area contributed by atoms with E-state index in [0.29, 0.717) is 23.8 Å². The Labute approximate surface area is 168 Å². The van der Waals surface area contributed by atoms with E-state index in [0.717, 1.165) is 27.7 Å². The fourth-order valence-electron chi connectivity index (χ4n) is 3.22. The van der Waals surface area contributed by atoms with Gasteiger partial charge in [0.25, 0.3) is 10.0 Å². The summed E-state index contributed by atoms with van der Waals surface area (Å²) < 4.78 is 34.0. The minimum atomic E-state index is -3.60. The van der Waals surface area contributed by atoms with Gasteiger partial charge in [-0.25, -0.2) is 8.42 Å². The molecule has 7 heteroatoms. The fourth-order valence-corrected chi connectivity index (χ4v) is 5.40. The number of rotatable bonds is 6. The number of nitrogens with zero attached hydrogens (tertiary/aromatic N) is 1. The molecule has 1 aliphatic rings. The van der Waals surface area contributed by atoms with Crippen LogP contribution in [0.15, 0.2) is 47.4 Å². The summed E-state index contributed by atoms with van der Waals surface area (Å²) in [5.74, 6) is 0. The Balaban J connectivity index is 2.07. The molecule has 2 aromatic rings. The third kappa shape index (κ3) is 3.76. The van der Waals surface area contributed by atoms with Crippen molar-refractivity contribution in [2.75, 3.05) is 31.1 Å². The van der Waals surface area contributed by atoms with Gasteiger partial charge in [-0.15, -0.1) is 0 Å². The predicted octanol–water partition coefficient (Wildman–Crippen LogP) is 3.54. The molecule has 26 heavy (non-hydrogen) atoms. The fraction of sp³-hybridized carbons (Fsp3) is 0.368. The molecule has 0 spiro atoms. The maximum Gasteiger partial charge on any atom is 0.264 e. The molecule has 1 heterocycles. The van der Waals surface area contributed by atoms with Gasteiger partial charge in [0.1, 0.15) is 0 Å². The maximum absolute atomic E-state index is 13.2. The predicted molar refractivity (Wildman–Crippen MR) is 112 cm³/mol. The van der Waals surface area contributed by atoms with Gasteiger partial charge in [-0.3, -0.25) is 4.31 Å². The third-order valence-corrected chi connectivity index (χ3v) is 7.03. The van der Waals surface area contributed by atoms with Crippen LogP contribution < -0.4 is 9.62 Å². The molecule has 1 unspecified atom stereocenters. The highest BCUT2D eigenvalue weighted by molar-refractivity contribution is 14.1. The van der Waals surface area contributed by atoms with Crippen LogP contribution in [0.3, 0.4) is 0 Å². The SMILES string of the molecule is CCOCCCNC1c2ccccc2N(C)S(=O)(=O)c2cc(I)ccc21. The molecule has 2 aromatic carbocycles. The van der Waals surface area contributed by atoms with Crippen molar-refractivity contribution < 1.29 is 13.2 Å². The number of fused-ring (bicyclic) bond motifs is 2. The molecule has 1 aliphatic heterocycles. The molecule has 0 fully saturated rings. The summed E-state index contributed by atoms with van der Waals surface area (Å²) in [5.41, 5.74) is 2.47. The third-order valence-electron chi connectivity index (χ3n) is 4.53. The molecule has 0 aliphatic carbocycles. The molecular formula is C19H23IN2O3S. The summed E-state index contributed by atoms with van der Waals surface area (Å²) in [5, 5.41) is 3.54. The van der Waals surface area contributed by atoms with Gasteiger partial charge in [-0.2, -0.15) is 0 Å². The van der Waals surface area contributed by atoms with Gasteiger partial charge in [0.05, 0.1) is 16.6 Å². The summed E-state index contributed by atoms with van der Waals surface area (Å²) in [4.78, 5) is 0.366. The lowest BCUT2D eigenvalue weighted by Gasteiger charge is -2.22. The topological polar surface area (TPSA) is 58.6 Å². The van der Waals surface area contributed by atoms with Crippen molar-refractivity contribution in [1.29, 1.82) is 0 Å². The van der Waals surface area contributed by atoms with Crippen molar-refractivity contribution in [1.82, 2.24) is 5.32 Å². The van der Waals surface area contributed by atoms with Crippen molar-refractivity contribution in [3.63, 3.8) is 0 Å². The van der Waals surface area contributed by atoms with Crippen molar-refractivity contribution in [3.05, 3.63) is 57.2 Å². The van der Waals surface area contributed by atoms with Crippen LogP contribution in [-0.2, 0) is 14.8 Å². The Morgan fingerprint density at radius 3 is 2.73 bits per heavy atom. The van der Waals surface area contributed by atoms with Crippen molar-refractivity contribution in [3.8, 4) is 0 Å². The van der Waals surface area contributed by atoms with Crippen LogP contribution in [0.1, 0.15) is 30.5 Å². The zero-order chi connectivity index (χ0) is 18.7. The number of halogens is 1. The second-order valence-corrected chi connectivity index (χ2v) is 9.33. The standard InChI is InChI=1S/C19H23IN2O3S/c1-3-25-12-6-11-21-19-15-7-4-5-8-17(15)22(2)26(23,24)18-13-14(20)9-10-16(18)19/h4-5,7-10,13,19,21H,3,6,11-12H2,1-2H3. The number of ether oxygens (including phenoxy) is 1. The number of sulfonamides is 1. The van der Waals surface area contributed by atoms with Gasteiger partial charge >= 0.3 is 0 Å². The van der Waals surface area contributed by atoms with E-state index in [-0.39, 0.29) is 6.04 Å². The summed E-state index contributed by atoms with van der Waals surface area (Å²) in [7, 11) is -1.98. The zero-order valence-corrected chi connectivity index (χ0v) is 17.9. The molecule has 0 saturated heterocycles. The Kier molecular flexibility index (Phi) is 6.21. The molecule has 0 bridgehead atoms. The van der Waals surface area contributed by atoms with E-state index >= 15 is 0 Å². The first-order chi connectivity index (χ1) is 12.5. The summed E-state index contributed by atoms with van der Waals surface area (Å²) in [6.07, 6.45) is 0.870. The molecule has 0 radical (unpaired) electrons. The summed E-state index contributed by atoms with van der Waals surface area (Å²) in [6, 6.07) is 13.1. The first kappa shape index (κ1) is 19.6. The lowest BCUT2D eigenvalue weighted by molar-refractivity contribution is 0.144. The minimum absolute atomic E-state index is 0.181. The monoisotopic (exact) mass is 486 g/mol. The highest BCUT2D eigenvalue weighted by Gasteiger charge is 2.34. The van der Waals surface area contributed by atoms with Crippen LogP contribution in [-0.4, -0.2) is 35.2 Å². The molecule has 0 aromatic heterocycles. The van der Waals surface area contributed by atoms with Crippen molar-refractivity contribution >= 4 is 38.3 Å². The summed E-state index contributed by atoms with van der Waals surface area (Å²) in [6.45, 7) is 4.12. The number of anilines is 1. The Bertz CT molecular complexity index is 886. The zero-order valence-electron chi connectivity index (χ0n) is 14.9. The van der Waals surface area contributed by atoms with Crippen LogP contribution in [0.25, 0.3) is 0 Å². The van der Waals surface area contributed by atoms with Crippen molar-refractivity contribution in [2.24, 2.45) is 0 Å². The van der Waals surface area contributed by atoms with Crippen LogP contribution in [0.4, 0.5) is 5.69 Å². The van der Waals surface area contributed by atoms with E-state index in [9.17, 15) is 8.42 Å². The van der Waals surface area contributed by atoms with E-state index in [4.69, 9.17) is 4.74 Å². The number of hydrogen-bond acceptors (Lipinski definition) is 4. The van der Waals surface area contributed by atoms with Gasteiger partial charge in [-0.1, -0.05) is 24.3 Å². The average Bonchev–Trinajstić information content (AvgIpc) is 2.70. The van der Waals surface area contributed by atoms with Gasteiger partial charge < -0.3 is 10.1 Å². The lowest BCUT2D eigenvalue weighted by Crippen LogP contribution is -2.26. The Morgan fingerprint density at radius 1 is 1.19 bits per heavy atom. The molecule has 1 atom stereocenters. The minimum Gasteiger partial charge on any atom is -0.382 e. The smallest absolute Gasteiger partial charge is 0.264 e. The van der Waals surface area contributed by atoms with Crippen LogP contribution in [0.5, 0.6) is 0 Å². The maximum atomic E-state index is 13.2. The molecule has 5 nitrogen and oxygen atoms in total. The van der Waals surface area contributed by atoms with Crippen LogP contribution >= 0.6 is 22.6 Å². The molecule has 140 valence electrons. The molecule has 0 amide bonds. The number of para-hydroxylation sites is 1. The largest absolute Gasteiger partial charge is 0.382 e. The van der Waals surface area contributed by atoms with E-state index in [1.807, 2.05) is 43.3 Å². The summed E-state index contributed by atoms with van der Waals surface area (Å²) >= 11 is 2.15. The molecular weight excluding hydrogens is 463 g/mol. The Morgan fingerprint density at radius 2 is 1.96 bits per heavy atom. The van der Waals surface area contributed by atoms with E-state index in [1.54, 1.807) is 13.1 Å². The number of benzene rings is 2.